The maximum atomic E-state index is 13.6. The first kappa shape index (κ1) is 19.9. The lowest BCUT2D eigenvalue weighted by molar-refractivity contribution is 0.469. The number of pyridine rings is 2. The molecule has 146 valence electrons. The summed E-state index contributed by atoms with van der Waals surface area (Å²) in [6.45, 7) is 0. The van der Waals surface area contributed by atoms with E-state index in [0.717, 1.165) is 5.39 Å². The molecule has 1 N–H and O–H groups in total. The van der Waals surface area contributed by atoms with E-state index in [-0.39, 0.29) is 10.8 Å². The zero-order valence-electron chi connectivity index (χ0n) is 14.9. The number of aromatic nitrogens is 2. The molecule has 2 aromatic heterocycles. The number of hydrogen-bond acceptors (Lipinski definition) is 3. The van der Waals surface area contributed by atoms with Crippen molar-refractivity contribution in [2.45, 2.75) is 12.3 Å². The molecule has 1 unspecified atom stereocenters. The molecule has 0 saturated heterocycles. The highest BCUT2D eigenvalue weighted by atomic mass is 35.5. The van der Waals surface area contributed by atoms with Gasteiger partial charge in [-0.1, -0.05) is 59.1 Å². The number of nitrogens with zero attached hydrogens (tertiary/aromatic N) is 2. The molecule has 0 amide bonds. The monoisotopic (exact) mass is 446 g/mol. The Balaban J connectivity index is 1.88. The van der Waals surface area contributed by atoms with E-state index < -0.39 is 11.7 Å². The fourth-order valence-electron chi connectivity index (χ4n) is 3.37. The Labute approximate surface area is 181 Å². The number of aromatic hydroxyl groups is 1. The zero-order valence-corrected chi connectivity index (χ0v) is 17.2. The summed E-state index contributed by atoms with van der Waals surface area (Å²) in [4.78, 5) is 8.63. The Hall–Kier alpha value is -2.40. The topological polar surface area (TPSA) is 46.0 Å². The van der Waals surface area contributed by atoms with Crippen LogP contribution in [-0.4, -0.2) is 15.1 Å². The van der Waals surface area contributed by atoms with Crippen LogP contribution in [0.15, 0.2) is 60.9 Å². The molecule has 0 fully saturated rings. The van der Waals surface area contributed by atoms with Crippen LogP contribution in [-0.2, 0) is 6.42 Å². The van der Waals surface area contributed by atoms with Crippen LogP contribution >= 0.6 is 34.8 Å². The van der Waals surface area contributed by atoms with Crippen LogP contribution in [0.2, 0.25) is 15.1 Å². The second-order valence-electron chi connectivity index (χ2n) is 6.59. The van der Waals surface area contributed by atoms with Gasteiger partial charge < -0.3 is 5.11 Å². The Morgan fingerprint density at radius 1 is 0.897 bits per heavy atom. The van der Waals surface area contributed by atoms with Crippen LogP contribution in [0.1, 0.15) is 22.7 Å². The van der Waals surface area contributed by atoms with Gasteiger partial charge in [-0.2, -0.15) is 0 Å². The maximum absolute atomic E-state index is 13.6. The molecule has 3 nitrogen and oxygen atoms in total. The first-order chi connectivity index (χ1) is 13.9. The summed E-state index contributed by atoms with van der Waals surface area (Å²) in [5.41, 5.74) is 2.41. The lowest BCUT2D eigenvalue weighted by Gasteiger charge is -2.21. The second kappa shape index (κ2) is 8.15. The molecule has 4 rings (SSSR count). The van der Waals surface area contributed by atoms with E-state index in [0.29, 0.717) is 38.8 Å². The van der Waals surface area contributed by atoms with Crippen LogP contribution in [0.4, 0.5) is 4.39 Å². The molecule has 0 aliphatic heterocycles. The van der Waals surface area contributed by atoms with E-state index in [1.807, 2.05) is 18.2 Å². The molecule has 0 radical (unpaired) electrons. The minimum Gasteiger partial charge on any atom is -0.505 e. The summed E-state index contributed by atoms with van der Waals surface area (Å²) in [5.74, 6) is -0.789. The van der Waals surface area contributed by atoms with Gasteiger partial charge in [0.2, 0.25) is 0 Å². The van der Waals surface area contributed by atoms with Crippen molar-refractivity contribution in [2.75, 3.05) is 0 Å². The van der Waals surface area contributed by atoms with Gasteiger partial charge >= 0.3 is 0 Å². The summed E-state index contributed by atoms with van der Waals surface area (Å²) < 4.78 is 13.6. The summed E-state index contributed by atoms with van der Waals surface area (Å²) in [6.07, 6.45) is 3.46. The minimum absolute atomic E-state index is 0.0496. The van der Waals surface area contributed by atoms with Crippen LogP contribution < -0.4 is 0 Å². The quantitative estimate of drug-likeness (QED) is 0.374. The van der Waals surface area contributed by atoms with Crippen LogP contribution in [0.25, 0.3) is 10.9 Å². The van der Waals surface area contributed by atoms with Gasteiger partial charge in [0, 0.05) is 46.4 Å². The van der Waals surface area contributed by atoms with Crippen molar-refractivity contribution in [3.8, 4) is 5.75 Å². The Morgan fingerprint density at radius 3 is 2.45 bits per heavy atom. The standard InChI is InChI=1S/C22H14Cl3FN2O/c23-18-8-13(26)4-6-15(18)17(9-14-10-19(24)20(25)11-28-14)16-5-3-12-2-1-7-27-21(12)22(16)29/h1-8,10-11,17,29H,9H2. The number of hydrogen-bond donors (Lipinski definition) is 1. The third-order valence-corrected chi connectivity index (χ3v) is 5.81. The lowest BCUT2D eigenvalue weighted by Crippen LogP contribution is -2.08. The van der Waals surface area contributed by atoms with Crippen LogP contribution in [0.3, 0.4) is 0 Å². The molecule has 0 bridgehead atoms. The van der Waals surface area contributed by atoms with Crippen LogP contribution in [0.5, 0.6) is 5.75 Å². The predicted octanol–water partition coefficient (Wildman–Crippen LogP) is 6.81. The molecule has 1 atom stereocenters. The maximum Gasteiger partial charge on any atom is 0.145 e. The molecule has 0 aliphatic rings. The van der Waals surface area contributed by atoms with E-state index in [1.165, 1.54) is 18.3 Å². The van der Waals surface area contributed by atoms with E-state index in [9.17, 15) is 9.50 Å². The number of rotatable bonds is 4. The molecular weight excluding hydrogens is 434 g/mol. The summed E-state index contributed by atoms with van der Waals surface area (Å²) in [7, 11) is 0. The highest BCUT2D eigenvalue weighted by Gasteiger charge is 2.23. The summed E-state index contributed by atoms with van der Waals surface area (Å²) in [5, 5.41) is 12.8. The molecular formula is C22H14Cl3FN2O. The van der Waals surface area contributed by atoms with Crippen molar-refractivity contribution >= 4 is 45.7 Å². The van der Waals surface area contributed by atoms with E-state index in [4.69, 9.17) is 34.8 Å². The SMILES string of the molecule is Oc1c(C(Cc2cc(Cl)c(Cl)cn2)c2ccc(F)cc2Cl)ccc2cccnc12. The highest BCUT2D eigenvalue weighted by Crippen LogP contribution is 2.40. The van der Waals surface area contributed by atoms with Crippen molar-refractivity contribution in [3.05, 3.63) is 98.6 Å². The molecule has 0 saturated carbocycles. The molecule has 0 aliphatic carbocycles. The van der Waals surface area contributed by atoms with Crippen LogP contribution in [0, 0.1) is 5.82 Å². The molecule has 2 heterocycles. The smallest absolute Gasteiger partial charge is 0.145 e. The van der Waals surface area contributed by atoms with E-state index in [2.05, 4.69) is 9.97 Å². The third kappa shape index (κ3) is 4.01. The van der Waals surface area contributed by atoms with Gasteiger partial charge in [0.25, 0.3) is 0 Å². The second-order valence-corrected chi connectivity index (χ2v) is 7.81. The Bertz CT molecular complexity index is 1220. The normalized spacial score (nSPS) is 12.3. The van der Waals surface area contributed by atoms with Crippen molar-refractivity contribution in [1.29, 1.82) is 0 Å². The average molecular weight is 448 g/mol. The molecule has 0 spiro atoms. The van der Waals surface area contributed by atoms with Gasteiger partial charge in [-0.25, -0.2) is 4.39 Å². The van der Waals surface area contributed by atoms with E-state index >= 15 is 0 Å². The Kier molecular flexibility index (Phi) is 5.59. The molecule has 29 heavy (non-hydrogen) atoms. The third-order valence-electron chi connectivity index (χ3n) is 4.77. The fraction of sp³-hybridized carbons (Fsp3) is 0.0909. The van der Waals surface area contributed by atoms with Gasteiger partial charge in [0.15, 0.2) is 0 Å². The first-order valence-electron chi connectivity index (χ1n) is 8.75. The average Bonchev–Trinajstić information content (AvgIpc) is 2.70. The number of halogens is 4. The highest BCUT2D eigenvalue weighted by molar-refractivity contribution is 6.41. The minimum atomic E-state index is -0.436. The zero-order chi connectivity index (χ0) is 20.5. The molecule has 4 aromatic rings. The van der Waals surface area contributed by atoms with Crippen molar-refractivity contribution in [1.82, 2.24) is 9.97 Å². The number of phenols is 1. The van der Waals surface area contributed by atoms with Gasteiger partial charge in [0.1, 0.15) is 17.1 Å². The summed E-state index contributed by atoms with van der Waals surface area (Å²) in [6, 6.07) is 13.2. The lowest BCUT2D eigenvalue weighted by atomic mass is 9.86. The van der Waals surface area contributed by atoms with Crippen molar-refractivity contribution in [3.63, 3.8) is 0 Å². The van der Waals surface area contributed by atoms with E-state index in [1.54, 1.807) is 24.4 Å². The van der Waals surface area contributed by atoms with Gasteiger partial charge in [-0.3, -0.25) is 9.97 Å². The largest absolute Gasteiger partial charge is 0.505 e. The van der Waals surface area contributed by atoms with Gasteiger partial charge in [-0.15, -0.1) is 0 Å². The molecule has 7 heteroatoms. The van der Waals surface area contributed by atoms with Gasteiger partial charge in [0.05, 0.1) is 10.0 Å². The number of phenolic OH excluding ortho intramolecular Hbond substituents is 1. The predicted molar refractivity (Wildman–Crippen MR) is 115 cm³/mol. The first-order valence-corrected chi connectivity index (χ1v) is 9.89. The molecule has 2 aromatic carbocycles. The Morgan fingerprint density at radius 2 is 1.69 bits per heavy atom. The number of fused-ring (bicyclic) bond motifs is 1. The van der Waals surface area contributed by atoms with Gasteiger partial charge in [-0.05, 0) is 29.8 Å². The number of benzene rings is 2. The summed E-state index contributed by atoms with van der Waals surface area (Å²) >= 11 is 18.5. The van der Waals surface area contributed by atoms with Crippen molar-refractivity contribution < 1.29 is 9.50 Å². The fourth-order valence-corrected chi connectivity index (χ4v) is 3.95. The van der Waals surface area contributed by atoms with Crippen molar-refractivity contribution in [2.24, 2.45) is 0 Å².